The van der Waals surface area contributed by atoms with Crippen LogP contribution in [0.25, 0.3) is 5.76 Å². The Morgan fingerprint density at radius 3 is 2.43 bits per heavy atom. The molecule has 0 aliphatic carbocycles. The normalized spacial score (nSPS) is 18.6. The molecule has 0 bridgehead atoms. The number of phenols is 1. The summed E-state index contributed by atoms with van der Waals surface area (Å²) in [5.41, 5.74) is 0.947. The second-order valence-corrected chi connectivity index (χ2v) is 6.33. The number of nitrogens with zero attached hydrogens (tertiary/aromatic N) is 2. The third-order valence-electron chi connectivity index (χ3n) is 4.61. The number of aliphatic hydroxyl groups excluding tert-OH is 1. The molecule has 140 valence electrons. The summed E-state index contributed by atoms with van der Waals surface area (Å²) in [6.45, 7) is 0.0657. The van der Waals surface area contributed by atoms with Gasteiger partial charge in [0, 0.05) is 18.0 Å². The first kappa shape index (κ1) is 17.5. The van der Waals surface area contributed by atoms with Crippen LogP contribution in [0.1, 0.15) is 22.9 Å². The summed E-state index contributed by atoms with van der Waals surface area (Å²) >= 11 is 0. The number of amides is 1. The largest absolute Gasteiger partial charge is 0.508 e. The van der Waals surface area contributed by atoms with E-state index < -0.39 is 17.7 Å². The van der Waals surface area contributed by atoms with Crippen LogP contribution in [0.4, 0.5) is 0 Å². The van der Waals surface area contributed by atoms with Crippen LogP contribution in [0.5, 0.6) is 5.75 Å². The lowest BCUT2D eigenvalue weighted by Crippen LogP contribution is -2.29. The van der Waals surface area contributed by atoms with E-state index in [1.165, 1.54) is 35.7 Å². The minimum absolute atomic E-state index is 0.0200. The molecule has 7 heteroatoms. The average molecular weight is 376 g/mol. The highest BCUT2D eigenvalue weighted by Crippen LogP contribution is 2.40. The standard InChI is InChI=1S/C21H16N2O5/c24-15-5-3-13(4-6-15)18-17(19(25)14-7-9-22-10-8-14)20(26)21(27)23(18)12-16-2-1-11-28-16/h1-11,18,24-25H,12H2/b19-17-. The fraction of sp³-hybridized carbons (Fsp3) is 0.0952. The van der Waals surface area contributed by atoms with E-state index in [1.807, 2.05) is 0 Å². The Labute approximate surface area is 160 Å². The molecular weight excluding hydrogens is 360 g/mol. The highest BCUT2D eigenvalue weighted by molar-refractivity contribution is 6.46. The van der Waals surface area contributed by atoms with E-state index in [4.69, 9.17) is 4.42 Å². The fourth-order valence-electron chi connectivity index (χ4n) is 3.28. The highest BCUT2D eigenvalue weighted by Gasteiger charge is 2.46. The Balaban J connectivity index is 1.86. The van der Waals surface area contributed by atoms with Gasteiger partial charge in [-0.15, -0.1) is 0 Å². The number of furan rings is 1. The number of benzene rings is 1. The molecule has 1 unspecified atom stereocenters. The zero-order chi connectivity index (χ0) is 19.7. The van der Waals surface area contributed by atoms with Gasteiger partial charge in [-0.1, -0.05) is 12.1 Å². The van der Waals surface area contributed by atoms with Crippen LogP contribution in [0.15, 0.2) is 77.2 Å². The number of Topliss-reactive ketones (excluding diaryl/α,β-unsaturated/α-hetero) is 1. The van der Waals surface area contributed by atoms with E-state index in [9.17, 15) is 19.8 Å². The Morgan fingerprint density at radius 1 is 1.07 bits per heavy atom. The first-order valence-electron chi connectivity index (χ1n) is 8.56. The molecule has 0 saturated carbocycles. The van der Waals surface area contributed by atoms with Crippen LogP contribution in [0.2, 0.25) is 0 Å². The van der Waals surface area contributed by atoms with Gasteiger partial charge in [-0.3, -0.25) is 14.6 Å². The summed E-state index contributed by atoms with van der Waals surface area (Å²) in [6, 6.07) is 11.9. The van der Waals surface area contributed by atoms with Crippen LogP contribution in [-0.2, 0) is 16.1 Å². The Morgan fingerprint density at radius 2 is 1.79 bits per heavy atom. The molecular formula is C21H16N2O5. The van der Waals surface area contributed by atoms with Gasteiger partial charge in [-0.2, -0.15) is 0 Å². The van der Waals surface area contributed by atoms with E-state index in [0.29, 0.717) is 16.9 Å². The maximum Gasteiger partial charge on any atom is 0.296 e. The molecule has 2 N–H and O–H groups in total. The van der Waals surface area contributed by atoms with Crippen molar-refractivity contribution in [3.8, 4) is 5.75 Å². The molecule has 1 aliphatic heterocycles. The van der Waals surface area contributed by atoms with Crippen LogP contribution in [-0.4, -0.2) is 31.8 Å². The second-order valence-electron chi connectivity index (χ2n) is 6.33. The van der Waals surface area contributed by atoms with Gasteiger partial charge >= 0.3 is 0 Å². The summed E-state index contributed by atoms with van der Waals surface area (Å²) in [5.74, 6) is -1.22. The minimum Gasteiger partial charge on any atom is -0.508 e. The molecule has 0 radical (unpaired) electrons. The predicted molar refractivity (Wildman–Crippen MR) is 98.9 cm³/mol. The van der Waals surface area contributed by atoms with E-state index in [0.717, 1.165) is 0 Å². The third-order valence-corrected chi connectivity index (χ3v) is 4.61. The molecule has 7 nitrogen and oxygen atoms in total. The van der Waals surface area contributed by atoms with Crippen molar-refractivity contribution in [3.63, 3.8) is 0 Å². The van der Waals surface area contributed by atoms with Crippen LogP contribution < -0.4 is 0 Å². The summed E-state index contributed by atoms with van der Waals surface area (Å²) in [5, 5.41) is 20.4. The molecule has 1 fully saturated rings. The number of phenolic OH excluding ortho intramolecular Hbond substituents is 1. The third kappa shape index (κ3) is 3.03. The van der Waals surface area contributed by atoms with Crippen molar-refractivity contribution in [1.82, 2.24) is 9.88 Å². The number of ketones is 1. The summed E-state index contributed by atoms with van der Waals surface area (Å²) < 4.78 is 5.33. The van der Waals surface area contributed by atoms with Crippen molar-refractivity contribution in [2.24, 2.45) is 0 Å². The lowest BCUT2D eigenvalue weighted by molar-refractivity contribution is -0.140. The molecule has 3 aromatic rings. The fourth-order valence-corrected chi connectivity index (χ4v) is 3.28. The first-order chi connectivity index (χ1) is 13.6. The van der Waals surface area contributed by atoms with Crippen molar-refractivity contribution in [1.29, 1.82) is 0 Å². The van der Waals surface area contributed by atoms with E-state index in [2.05, 4.69) is 4.98 Å². The molecule has 1 saturated heterocycles. The number of likely N-dealkylation sites (tertiary alicyclic amines) is 1. The van der Waals surface area contributed by atoms with Crippen LogP contribution in [0, 0.1) is 0 Å². The number of aromatic nitrogens is 1. The molecule has 2 aromatic heterocycles. The van der Waals surface area contributed by atoms with Crippen molar-refractivity contribution in [2.75, 3.05) is 0 Å². The molecule has 0 spiro atoms. The number of aliphatic hydroxyl groups is 1. The molecule has 1 aliphatic rings. The Kier molecular flexibility index (Phi) is 4.41. The number of carbonyl (C=O) groups excluding carboxylic acids is 2. The number of aromatic hydroxyl groups is 1. The zero-order valence-electron chi connectivity index (χ0n) is 14.6. The molecule has 1 amide bonds. The topological polar surface area (TPSA) is 104 Å². The van der Waals surface area contributed by atoms with Crippen molar-refractivity contribution in [2.45, 2.75) is 12.6 Å². The Hall–Kier alpha value is -3.87. The quantitative estimate of drug-likeness (QED) is 0.412. The number of pyridine rings is 1. The van der Waals surface area contributed by atoms with Crippen molar-refractivity contribution in [3.05, 3.63) is 89.6 Å². The van der Waals surface area contributed by atoms with Crippen molar-refractivity contribution >= 4 is 17.4 Å². The molecule has 28 heavy (non-hydrogen) atoms. The van der Waals surface area contributed by atoms with Crippen molar-refractivity contribution < 1.29 is 24.2 Å². The van der Waals surface area contributed by atoms with Gasteiger partial charge in [-0.05, 0) is 42.0 Å². The average Bonchev–Trinajstić information content (AvgIpc) is 3.31. The van der Waals surface area contributed by atoms with E-state index in [-0.39, 0.29) is 23.6 Å². The monoisotopic (exact) mass is 376 g/mol. The van der Waals surface area contributed by atoms with E-state index in [1.54, 1.807) is 36.4 Å². The van der Waals surface area contributed by atoms with Gasteiger partial charge in [0.2, 0.25) is 0 Å². The number of hydrogen-bond donors (Lipinski definition) is 2. The summed E-state index contributed by atoms with van der Waals surface area (Å²) in [7, 11) is 0. The smallest absolute Gasteiger partial charge is 0.296 e. The van der Waals surface area contributed by atoms with Gasteiger partial charge in [0.15, 0.2) is 0 Å². The van der Waals surface area contributed by atoms with Gasteiger partial charge in [0.1, 0.15) is 17.3 Å². The lowest BCUT2D eigenvalue weighted by Gasteiger charge is -2.24. The van der Waals surface area contributed by atoms with Gasteiger partial charge in [-0.25, -0.2) is 0 Å². The van der Waals surface area contributed by atoms with E-state index >= 15 is 0 Å². The Bertz CT molecular complexity index is 1040. The van der Waals surface area contributed by atoms with Crippen LogP contribution >= 0.6 is 0 Å². The molecule has 1 aromatic carbocycles. The molecule has 4 rings (SSSR count). The number of carbonyl (C=O) groups is 2. The number of hydrogen-bond acceptors (Lipinski definition) is 6. The second kappa shape index (κ2) is 7.03. The van der Waals surface area contributed by atoms with Gasteiger partial charge in [0.25, 0.3) is 11.7 Å². The van der Waals surface area contributed by atoms with Gasteiger partial charge < -0.3 is 19.5 Å². The SMILES string of the molecule is O=C1C(=O)N(Cc2ccco2)C(c2ccc(O)cc2)/C1=C(/O)c1ccncc1. The summed E-state index contributed by atoms with van der Waals surface area (Å²) in [6.07, 6.45) is 4.46. The zero-order valence-corrected chi connectivity index (χ0v) is 14.6. The van der Waals surface area contributed by atoms with Gasteiger partial charge in [0.05, 0.1) is 24.4 Å². The lowest BCUT2D eigenvalue weighted by atomic mass is 9.95. The molecule has 3 heterocycles. The minimum atomic E-state index is -0.820. The number of rotatable bonds is 4. The van der Waals surface area contributed by atoms with Crippen LogP contribution in [0.3, 0.4) is 0 Å². The first-order valence-corrected chi connectivity index (χ1v) is 8.56. The summed E-state index contributed by atoms with van der Waals surface area (Å²) in [4.78, 5) is 30.8. The predicted octanol–water partition coefficient (Wildman–Crippen LogP) is 3.00. The maximum absolute atomic E-state index is 12.8. The highest BCUT2D eigenvalue weighted by atomic mass is 16.3. The maximum atomic E-state index is 12.8. The molecule has 1 atom stereocenters.